The van der Waals surface area contributed by atoms with Gasteiger partial charge in [0.1, 0.15) is 0 Å². The Morgan fingerprint density at radius 3 is 2.85 bits per heavy atom. The lowest BCUT2D eigenvalue weighted by Crippen LogP contribution is -2.33. The average molecular weight is 207 g/mol. The standard InChI is InChI=1S/C8H17NO3S/c1-2-13(10,11)6-4-9-8-3-5-12-7-8/h8-9H,2-7H2,1H3. The van der Waals surface area contributed by atoms with Crippen molar-refractivity contribution in [1.82, 2.24) is 5.32 Å². The van der Waals surface area contributed by atoms with E-state index in [-0.39, 0.29) is 11.5 Å². The van der Waals surface area contributed by atoms with Crippen molar-refractivity contribution < 1.29 is 13.2 Å². The predicted molar refractivity (Wildman–Crippen MR) is 51.6 cm³/mol. The molecule has 1 rings (SSSR count). The van der Waals surface area contributed by atoms with Crippen LogP contribution in [0.25, 0.3) is 0 Å². The van der Waals surface area contributed by atoms with Gasteiger partial charge in [-0.15, -0.1) is 0 Å². The molecule has 0 saturated carbocycles. The van der Waals surface area contributed by atoms with Gasteiger partial charge in [0.05, 0.1) is 12.4 Å². The number of hydrogen-bond acceptors (Lipinski definition) is 4. The summed E-state index contributed by atoms with van der Waals surface area (Å²) in [6.45, 7) is 3.72. The number of nitrogens with one attached hydrogen (secondary N) is 1. The highest BCUT2D eigenvalue weighted by Gasteiger charge is 2.15. The summed E-state index contributed by atoms with van der Waals surface area (Å²) < 4.78 is 27.4. The van der Waals surface area contributed by atoms with Crippen LogP contribution >= 0.6 is 0 Å². The molecule has 13 heavy (non-hydrogen) atoms. The van der Waals surface area contributed by atoms with Crippen molar-refractivity contribution in [2.75, 3.05) is 31.3 Å². The summed E-state index contributed by atoms with van der Waals surface area (Å²) in [6, 6.07) is 0.354. The molecule has 1 aliphatic rings. The van der Waals surface area contributed by atoms with E-state index in [0.29, 0.717) is 19.2 Å². The summed E-state index contributed by atoms with van der Waals surface area (Å²) >= 11 is 0. The van der Waals surface area contributed by atoms with Crippen molar-refractivity contribution in [3.05, 3.63) is 0 Å². The molecule has 1 aliphatic heterocycles. The first-order valence-electron chi connectivity index (χ1n) is 4.65. The molecule has 0 radical (unpaired) electrons. The van der Waals surface area contributed by atoms with Crippen LogP contribution in [0.2, 0.25) is 0 Å². The molecule has 0 aromatic rings. The third-order valence-electron chi connectivity index (χ3n) is 2.22. The number of ether oxygens (including phenoxy) is 1. The van der Waals surface area contributed by atoms with Crippen molar-refractivity contribution in [2.24, 2.45) is 0 Å². The quantitative estimate of drug-likeness (QED) is 0.678. The Kier molecular flexibility index (Phi) is 4.15. The van der Waals surface area contributed by atoms with Crippen LogP contribution in [-0.2, 0) is 14.6 Å². The lowest BCUT2D eigenvalue weighted by atomic mass is 10.3. The zero-order chi connectivity index (χ0) is 9.73. The highest BCUT2D eigenvalue weighted by atomic mass is 32.2. The first-order valence-corrected chi connectivity index (χ1v) is 6.48. The van der Waals surface area contributed by atoms with E-state index in [1.807, 2.05) is 0 Å². The largest absolute Gasteiger partial charge is 0.380 e. The molecule has 1 unspecified atom stereocenters. The maximum absolute atomic E-state index is 11.1. The van der Waals surface area contributed by atoms with Crippen molar-refractivity contribution in [2.45, 2.75) is 19.4 Å². The molecule has 0 bridgehead atoms. The van der Waals surface area contributed by atoms with E-state index < -0.39 is 9.84 Å². The van der Waals surface area contributed by atoms with E-state index in [4.69, 9.17) is 4.74 Å². The fourth-order valence-electron chi connectivity index (χ4n) is 1.26. The van der Waals surface area contributed by atoms with Crippen molar-refractivity contribution in [3.63, 3.8) is 0 Å². The van der Waals surface area contributed by atoms with Gasteiger partial charge in [0.2, 0.25) is 0 Å². The molecular weight excluding hydrogens is 190 g/mol. The molecule has 1 fully saturated rings. The van der Waals surface area contributed by atoms with Crippen molar-refractivity contribution in [1.29, 1.82) is 0 Å². The second-order valence-corrected chi connectivity index (χ2v) is 5.72. The number of rotatable bonds is 5. The van der Waals surface area contributed by atoms with E-state index >= 15 is 0 Å². The second-order valence-electron chi connectivity index (χ2n) is 3.25. The maximum Gasteiger partial charge on any atom is 0.151 e. The summed E-state index contributed by atoms with van der Waals surface area (Å²) in [5.74, 6) is 0.468. The molecule has 0 amide bonds. The molecule has 1 saturated heterocycles. The molecule has 78 valence electrons. The molecule has 1 atom stereocenters. The Balaban J connectivity index is 2.13. The monoisotopic (exact) mass is 207 g/mol. The lowest BCUT2D eigenvalue weighted by molar-refractivity contribution is 0.190. The molecule has 0 aromatic heterocycles. The zero-order valence-electron chi connectivity index (χ0n) is 7.95. The van der Waals surface area contributed by atoms with Crippen LogP contribution in [0.5, 0.6) is 0 Å². The van der Waals surface area contributed by atoms with Gasteiger partial charge in [0.25, 0.3) is 0 Å². The number of hydrogen-bond donors (Lipinski definition) is 1. The van der Waals surface area contributed by atoms with Crippen LogP contribution in [0.1, 0.15) is 13.3 Å². The van der Waals surface area contributed by atoms with Crippen LogP contribution in [0.15, 0.2) is 0 Å². The lowest BCUT2D eigenvalue weighted by Gasteiger charge is -2.09. The minimum absolute atomic E-state index is 0.232. The Morgan fingerprint density at radius 1 is 1.54 bits per heavy atom. The molecule has 5 heteroatoms. The Hall–Kier alpha value is -0.130. The fraction of sp³-hybridized carbons (Fsp3) is 1.00. The van der Waals surface area contributed by atoms with Gasteiger partial charge in [-0.05, 0) is 6.42 Å². The van der Waals surface area contributed by atoms with Gasteiger partial charge >= 0.3 is 0 Å². The molecule has 0 spiro atoms. The van der Waals surface area contributed by atoms with E-state index in [0.717, 1.165) is 13.0 Å². The minimum atomic E-state index is -2.81. The Bertz CT molecular complexity index is 232. The molecular formula is C8H17NO3S. The molecule has 1 N–H and O–H groups in total. The van der Waals surface area contributed by atoms with Crippen LogP contribution < -0.4 is 5.32 Å². The van der Waals surface area contributed by atoms with Crippen molar-refractivity contribution in [3.8, 4) is 0 Å². The van der Waals surface area contributed by atoms with Gasteiger partial charge < -0.3 is 10.1 Å². The van der Waals surface area contributed by atoms with Crippen LogP contribution in [0, 0.1) is 0 Å². The van der Waals surface area contributed by atoms with E-state index in [2.05, 4.69) is 5.32 Å². The van der Waals surface area contributed by atoms with Gasteiger partial charge in [-0.2, -0.15) is 0 Å². The van der Waals surface area contributed by atoms with Gasteiger partial charge in [-0.3, -0.25) is 0 Å². The van der Waals surface area contributed by atoms with Crippen LogP contribution in [0.4, 0.5) is 0 Å². The van der Waals surface area contributed by atoms with Crippen molar-refractivity contribution >= 4 is 9.84 Å². The summed E-state index contributed by atoms with van der Waals surface area (Å²) in [4.78, 5) is 0. The van der Waals surface area contributed by atoms with Gasteiger partial charge in [0.15, 0.2) is 9.84 Å². The topological polar surface area (TPSA) is 55.4 Å². The third kappa shape index (κ3) is 4.06. The van der Waals surface area contributed by atoms with E-state index in [1.165, 1.54) is 0 Å². The smallest absolute Gasteiger partial charge is 0.151 e. The van der Waals surface area contributed by atoms with Gasteiger partial charge in [-0.1, -0.05) is 6.92 Å². The van der Waals surface area contributed by atoms with Gasteiger partial charge in [-0.25, -0.2) is 8.42 Å². The average Bonchev–Trinajstić information content (AvgIpc) is 2.57. The normalized spacial score (nSPS) is 23.6. The van der Waals surface area contributed by atoms with Crippen LogP contribution in [-0.4, -0.2) is 45.7 Å². The Labute approximate surface area is 79.6 Å². The molecule has 0 aromatic carbocycles. The highest BCUT2D eigenvalue weighted by molar-refractivity contribution is 7.91. The molecule has 0 aliphatic carbocycles. The first kappa shape index (κ1) is 10.9. The molecule has 1 heterocycles. The fourth-order valence-corrected chi connectivity index (χ4v) is 1.98. The number of sulfone groups is 1. The second kappa shape index (κ2) is 4.93. The first-order chi connectivity index (χ1) is 6.14. The highest BCUT2D eigenvalue weighted by Crippen LogP contribution is 2.02. The third-order valence-corrected chi connectivity index (χ3v) is 3.92. The molecule has 4 nitrogen and oxygen atoms in total. The summed E-state index contributed by atoms with van der Waals surface area (Å²) in [5, 5.41) is 3.17. The summed E-state index contributed by atoms with van der Waals surface area (Å²) in [7, 11) is -2.81. The van der Waals surface area contributed by atoms with Crippen LogP contribution in [0.3, 0.4) is 0 Å². The summed E-state index contributed by atoms with van der Waals surface area (Å²) in [6.07, 6.45) is 0.992. The van der Waals surface area contributed by atoms with E-state index in [9.17, 15) is 8.42 Å². The van der Waals surface area contributed by atoms with E-state index in [1.54, 1.807) is 6.92 Å². The zero-order valence-corrected chi connectivity index (χ0v) is 8.77. The maximum atomic E-state index is 11.1. The minimum Gasteiger partial charge on any atom is -0.380 e. The van der Waals surface area contributed by atoms with Gasteiger partial charge in [0, 0.05) is 24.9 Å². The predicted octanol–water partition coefficient (Wildman–Crippen LogP) is -0.200. The Morgan fingerprint density at radius 2 is 2.31 bits per heavy atom. The SMILES string of the molecule is CCS(=O)(=O)CCNC1CCOC1. The summed E-state index contributed by atoms with van der Waals surface area (Å²) in [5.41, 5.74) is 0.